The summed E-state index contributed by atoms with van der Waals surface area (Å²) in [5.41, 5.74) is 5.93. The largest absolute Gasteiger partial charge is 0.347 e. The zero-order valence-electron chi connectivity index (χ0n) is 11.1. The Bertz CT molecular complexity index is 621. The summed E-state index contributed by atoms with van der Waals surface area (Å²) in [6.07, 6.45) is 4.19. The molecule has 1 atom stereocenters. The monoisotopic (exact) mass is 288 g/mol. The van der Waals surface area contributed by atoms with Crippen LogP contribution in [0.3, 0.4) is 0 Å². The number of thiophene rings is 1. The molecule has 5 nitrogen and oxygen atoms in total. The van der Waals surface area contributed by atoms with Crippen LogP contribution in [0.4, 0.5) is 0 Å². The highest BCUT2D eigenvalue weighted by Crippen LogP contribution is 2.16. The van der Waals surface area contributed by atoms with Crippen LogP contribution in [0.25, 0.3) is 0 Å². The third-order valence-electron chi connectivity index (χ3n) is 2.74. The van der Waals surface area contributed by atoms with E-state index < -0.39 is 0 Å². The van der Waals surface area contributed by atoms with Gasteiger partial charge in [-0.05, 0) is 12.5 Å². The number of nitrogens with zero attached hydrogens (tertiary/aromatic N) is 1. The maximum Gasteiger partial charge on any atom is 0.252 e. The zero-order chi connectivity index (χ0) is 14.4. The van der Waals surface area contributed by atoms with E-state index in [1.807, 2.05) is 6.92 Å². The molecule has 0 aliphatic rings. The molecule has 2 aromatic rings. The molecular weight excluding hydrogens is 272 g/mol. The number of nitrogens with one attached hydrogen (secondary N) is 2. The SMILES string of the molecule is CCC(NC(=O)c1csc(C#CCN)c1)c1ncc[nH]1. The molecule has 0 bridgehead atoms. The van der Waals surface area contributed by atoms with Crippen LogP contribution < -0.4 is 11.1 Å². The summed E-state index contributed by atoms with van der Waals surface area (Å²) in [5.74, 6) is 6.34. The van der Waals surface area contributed by atoms with Crippen molar-refractivity contribution in [2.45, 2.75) is 19.4 Å². The quantitative estimate of drug-likeness (QED) is 0.748. The first-order chi connectivity index (χ1) is 9.74. The molecule has 6 heteroatoms. The molecule has 1 unspecified atom stereocenters. The summed E-state index contributed by atoms with van der Waals surface area (Å²) in [6, 6.07) is 1.66. The Morgan fingerprint density at radius 3 is 3.15 bits per heavy atom. The van der Waals surface area contributed by atoms with Gasteiger partial charge in [0.15, 0.2) is 0 Å². The maximum atomic E-state index is 12.2. The first kappa shape index (κ1) is 14.3. The highest BCUT2D eigenvalue weighted by molar-refractivity contribution is 7.10. The molecule has 2 rings (SSSR count). The third kappa shape index (κ3) is 3.47. The molecule has 2 aromatic heterocycles. The molecule has 0 radical (unpaired) electrons. The fourth-order valence-electron chi connectivity index (χ4n) is 1.73. The number of aromatic amines is 1. The maximum absolute atomic E-state index is 12.2. The predicted octanol–water partition coefficient (Wildman–Crippen LogP) is 1.66. The molecule has 0 fully saturated rings. The van der Waals surface area contributed by atoms with Gasteiger partial charge in [-0.3, -0.25) is 4.79 Å². The Kier molecular flexibility index (Phi) is 4.93. The number of rotatable bonds is 4. The van der Waals surface area contributed by atoms with Gasteiger partial charge in [0.05, 0.1) is 23.0 Å². The number of aromatic nitrogens is 2. The lowest BCUT2D eigenvalue weighted by Crippen LogP contribution is -2.28. The van der Waals surface area contributed by atoms with Crippen LogP contribution in [0, 0.1) is 11.8 Å². The molecule has 0 aliphatic carbocycles. The van der Waals surface area contributed by atoms with Gasteiger partial charge >= 0.3 is 0 Å². The van der Waals surface area contributed by atoms with Crippen LogP contribution in [0.1, 0.15) is 40.4 Å². The van der Waals surface area contributed by atoms with Crippen LogP contribution in [0.5, 0.6) is 0 Å². The summed E-state index contributed by atoms with van der Waals surface area (Å²) < 4.78 is 0. The van der Waals surface area contributed by atoms with Crippen molar-refractivity contribution in [1.82, 2.24) is 15.3 Å². The van der Waals surface area contributed by atoms with E-state index in [0.717, 1.165) is 17.1 Å². The molecule has 1 amide bonds. The lowest BCUT2D eigenvalue weighted by Gasteiger charge is -2.13. The minimum atomic E-state index is -0.120. The van der Waals surface area contributed by atoms with Crippen molar-refractivity contribution in [2.24, 2.45) is 5.73 Å². The van der Waals surface area contributed by atoms with Crippen molar-refractivity contribution in [3.63, 3.8) is 0 Å². The first-order valence-electron chi connectivity index (χ1n) is 6.32. The van der Waals surface area contributed by atoms with Gasteiger partial charge in [-0.15, -0.1) is 11.3 Å². The van der Waals surface area contributed by atoms with Gasteiger partial charge in [0, 0.05) is 17.8 Å². The number of hydrogen-bond acceptors (Lipinski definition) is 4. The average Bonchev–Trinajstić information content (AvgIpc) is 3.13. The van der Waals surface area contributed by atoms with E-state index in [-0.39, 0.29) is 11.9 Å². The van der Waals surface area contributed by atoms with E-state index >= 15 is 0 Å². The molecule has 0 aromatic carbocycles. The number of carbonyl (C=O) groups excluding carboxylic acids is 1. The standard InChI is InChI=1S/C14H16N4OS/c1-2-12(13-16-6-7-17-13)18-14(19)10-8-11(20-9-10)4-3-5-15/h6-9,12H,2,5,15H2,1H3,(H,16,17)(H,18,19). The Hall–Kier alpha value is -2.10. The zero-order valence-corrected chi connectivity index (χ0v) is 12.0. The highest BCUT2D eigenvalue weighted by atomic mass is 32.1. The molecule has 2 heterocycles. The summed E-state index contributed by atoms with van der Waals surface area (Å²) in [5, 5.41) is 4.75. The molecule has 0 saturated carbocycles. The second-order valence-corrected chi connectivity index (χ2v) is 5.03. The van der Waals surface area contributed by atoms with Gasteiger partial charge in [-0.2, -0.15) is 0 Å². The lowest BCUT2D eigenvalue weighted by molar-refractivity contribution is 0.0934. The molecule has 0 aliphatic heterocycles. The van der Waals surface area contributed by atoms with Crippen LogP contribution in [-0.4, -0.2) is 22.4 Å². The number of hydrogen-bond donors (Lipinski definition) is 3. The number of imidazole rings is 1. The first-order valence-corrected chi connectivity index (χ1v) is 7.20. The van der Waals surface area contributed by atoms with Crippen molar-refractivity contribution < 1.29 is 4.79 Å². The Balaban J connectivity index is 2.05. The van der Waals surface area contributed by atoms with Crippen LogP contribution in [-0.2, 0) is 0 Å². The van der Waals surface area contributed by atoms with E-state index in [1.165, 1.54) is 11.3 Å². The smallest absolute Gasteiger partial charge is 0.252 e. The minimum absolute atomic E-state index is 0.115. The summed E-state index contributed by atoms with van der Waals surface area (Å²) in [6.45, 7) is 2.31. The normalized spacial score (nSPS) is 11.5. The highest BCUT2D eigenvalue weighted by Gasteiger charge is 2.16. The summed E-state index contributed by atoms with van der Waals surface area (Å²) in [7, 11) is 0. The van der Waals surface area contributed by atoms with Crippen LogP contribution >= 0.6 is 11.3 Å². The molecule has 104 valence electrons. The van der Waals surface area contributed by atoms with Gasteiger partial charge < -0.3 is 16.0 Å². The fraction of sp³-hybridized carbons (Fsp3) is 0.286. The topological polar surface area (TPSA) is 83.8 Å². The van der Waals surface area contributed by atoms with Gasteiger partial charge in [0.1, 0.15) is 5.82 Å². The fourth-order valence-corrected chi connectivity index (χ4v) is 2.49. The van der Waals surface area contributed by atoms with Gasteiger partial charge in [0.2, 0.25) is 0 Å². The van der Waals surface area contributed by atoms with E-state index in [9.17, 15) is 4.79 Å². The number of nitrogens with two attached hydrogens (primary N) is 1. The van der Waals surface area contributed by atoms with E-state index in [1.54, 1.807) is 23.8 Å². The minimum Gasteiger partial charge on any atom is -0.347 e. The van der Waals surface area contributed by atoms with Crippen molar-refractivity contribution in [3.05, 3.63) is 40.1 Å². The molecule has 4 N–H and O–H groups in total. The molecule has 0 saturated heterocycles. The van der Waals surface area contributed by atoms with E-state index in [2.05, 4.69) is 27.1 Å². The van der Waals surface area contributed by atoms with Crippen molar-refractivity contribution in [2.75, 3.05) is 6.54 Å². The van der Waals surface area contributed by atoms with Crippen LogP contribution in [0.2, 0.25) is 0 Å². The van der Waals surface area contributed by atoms with Crippen molar-refractivity contribution in [3.8, 4) is 11.8 Å². The summed E-state index contributed by atoms with van der Waals surface area (Å²) in [4.78, 5) is 20.2. The summed E-state index contributed by atoms with van der Waals surface area (Å²) >= 11 is 1.44. The van der Waals surface area contributed by atoms with Gasteiger partial charge in [-0.1, -0.05) is 18.8 Å². The van der Waals surface area contributed by atoms with Gasteiger partial charge in [-0.25, -0.2) is 4.98 Å². The molecular formula is C14H16N4OS. The Morgan fingerprint density at radius 1 is 1.65 bits per heavy atom. The van der Waals surface area contributed by atoms with Crippen molar-refractivity contribution in [1.29, 1.82) is 0 Å². The van der Waals surface area contributed by atoms with Gasteiger partial charge in [0.25, 0.3) is 5.91 Å². The third-order valence-corrected chi connectivity index (χ3v) is 3.58. The van der Waals surface area contributed by atoms with Crippen LogP contribution in [0.15, 0.2) is 23.8 Å². The molecule has 20 heavy (non-hydrogen) atoms. The van der Waals surface area contributed by atoms with E-state index in [4.69, 9.17) is 5.73 Å². The van der Waals surface area contributed by atoms with E-state index in [0.29, 0.717) is 12.1 Å². The lowest BCUT2D eigenvalue weighted by atomic mass is 10.2. The number of H-pyrrole nitrogens is 1. The Labute approximate surface area is 121 Å². The van der Waals surface area contributed by atoms with Crippen molar-refractivity contribution >= 4 is 17.2 Å². The number of carbonyl (C=O) groups is 1. The average molecular weight is 288 g/mol. The predicted molar refractivity (Wildman–Crippen MR) is 79.3 cm³/mol. The Morgan fingerprint density at radius 2 is 2.50 bits per heavy atom. The number of amides is 1. The molecule has 0 spiro atoms. The second-order valence-electron chi connectivity index (χ2n) is 4.11. The second kappa shape index (κ2) is 6.89.